The van der Waals surface area contributed by atoms with Gasteiger partial charge >= 0.3 is 13.5 Å². The zero-order valence-electron chi connectivity index (χ0n) is 24.5. The van der Waals surface area contributed by atoms with Crippen molar-refractivity contribution in [3.8, 4) is 0 Å². The zero-order chi connectivity index (χ0) is 29.9. The fraction of sp³-hybridized carbons (Fsp3) is 0.857. The molecule has 1 aromatic rings. The number of ether oxygens (including phenoxy) is 2. The highest BCUT2D eigenvalue weighted by Crippen LogP contribution is 2.44. The van der Waals surface area contributed by atoms with Crippen molar-refractivity contribution in [2.24, 2.45) is 0 Å². The van der Waals surface area contributed by atoms with E-state index < -0.39 is 49.9 Å². The Hall–Kier alpha value is -1.40. The number of hydrogen-bond acceptors (Lipinski definition) is 8. The summed E-state index contributed by atoms with van der Waals surface area (Å²) in [5, 5.41) is 10.2. The lowest BCUT2D eigenvalue weighted by Crippen LogP contribution is -2.34. The summed E-state index contributed by atoms with van der Waals surface area (Å²) in [5.74, 6) is -1.18. The van der Waals surface area contributed by atoms with Gasteiger partial charge < -0.3 is 19.5 Å². The number of nitrogens with zero attached hydrogens (tertiary/aromatic N) is 1. The Bertz CT molecular complexity index is 1010. The van der Waals surface area contributed by atoms with Crippen molar-refractivity contribution in [1.29, 1.82) is 0 Å². The first-order valence-electron chi connectivity index (χ1n) is 15.3. The minimum Gasteiger partial charge on any atom is -0.390 e. The van der Waals surface area contributed by atoms with Crippen molar-refractivity contribution in [2.45, 2.75) is 128 Å². The second kappa shape index (κ2) is 20.5. The maximum atomic E-state index is 13.5. The number of H-pyrrole nitrogens is 1. The molecule has 2 heterocycles. The summed E-state index contributed by atoms with van der Waals surface area (Å²) in [7, 11) is -4.40. The van der Waals surface area contributed by atoms with Crippen LogP contribution in [-0.4, -0.2) is 58.2 Å². The summed E-state index contributed by atoms with van der Waals surface area (Å²) in [5.41, 5.74) is -2.07. The Morgan fingerprint density at radius 1 is 0.927 bits per heavy atom. The fourth-order valence-electron chi connectivity index (χ4n) is 4.76. The molecule has 11 nitrogen and oxygen atoms in total. The van der Waals surface area contributed by atoms with Gasteiger partial charge in [0.25, 0.3) is 5.56 Å². The predicted octanol–water partition coefficient (Wildman–Crippen LogP) is 5.35. The number of aliphatic hydroxyl groups excluding tert-OH is 1. The summed E-state index contributed by atoms with van der Waals surface area (Å²) in [6, 6.07) is 0. The average Bonchev–Trinajstić information content (AvgIpc) is 3.31. The Morgan fingerprint density at radius 2 is 1.49 bits per heavy atom. The van der Waals surface area contributed by atoms with E-state index in [1.807, 2.05) is 0 Å². The van der Waals surface area contributed by atoms with Crippen LogP contribution in [0.1, 0.15) is 116 Å². The van der Waals surface area contributed by atoms with Gasteiger partial charge in [-0.05, 0) is 12.8 Å². The van der Waals surface area contributed by atoms with Crippen molar-refractivity contribution in [3.05, 3.63) is 32.9 Å². The number of phosphoric ester groups is 1. The molecule has 2 rings (SSSR count). The third-order valence-corrected chi connectivity index (χ3v) is 8.15. The van der Waals surface area contributed by atoms with Gasteiger partial charge in [0.1, 0.15) is 12.3 Å². The van der Waals surface area contributed by atoms with Crippen molar-refractivity contribution in [2.75, 3.05) is 26.4 Å². The van der Waals surface area contributed by atoms with Gasteiger partial charge in [0, 0.05) is 19.6 Å². The number of halogens is 1. The van der Waals surface area contributed by atoms with E-state index >= 15 is 0 Å². The van der Waals surface area contributed by atoms with E-state index in [1.54, 1.807) is 4.98 Å². The maximum absolute atomic E-state index is 13.5. The second-order valence-electron chi connectivity index (χ2n) is 10.7. The first-order chi connectivity index (χ1) is 19.7. The number of unbranched alkanes of at least 4 members (excludes halogenated alkanes) is 13. The van der Waals surface area contributed by atoms with Gasteiger partial charge in [-0.3, -0.25) is 23.4 Å². The van der Waals surface area contributed by atoms with Gasteiger partial charge in [-0.25, -0.2) is 9.36 Å². The van der Waals surface area contributed by atoms with E-state index in [-0.39, 0.29) is 13.0 Å². The van der Waals surface area contributed by atoms with E-state index in [1.165, 1.54) is 77.0 Å². The largest absolute Gasteiger partial charge is 0.472 e. The molecule has 0 aliphatic carbocycles. The highest BCUT2D eigenvalue weighted by molar-refractivity contribution is 7.47. The molecular weight excluding hydrogens is 558 g/mol. The van der Waals surface area contributed by atoms with Gasteiger partial charge in [-0.1, -0.05) is 90.4 Å². The molecule has 238 valence electrons. The van der Waals surface area contributed by atoms with Crippen LogP contribution in [0.3, 0.4) is 0 Å². The highest BCUT2D eigenvalue weighted by atomic mass is 31.2. The molecule has 3 N–H and O–H groups in total. The first kappa shape index (κ1) is 35.8. The normalized spacial score (nSPS) is 20.4. The number of nitrogens with one attached hydrogen (secondary N) is 1. The lowest BCUT2D eigenvalue weighted by Gasteiger charge is -2.18. The van der Waals surface area contributed by atoms with E-state index in [9.17, 15) is 28.5 Å². The van der Waals surface area contributed by atoms with Crippen LogP contribution >= 0.6 is 7.82 Å². The van der Waals surface area contributed by atoms with Crippen molar-refractivity contribution >= 4 is 7.82 Å². The van der Waals surface area contributed by atoms with Crippen LogP contribution in [0.15, 0.2) is 15.8 Å². The molecule has 1 aliphatic heterocycles. The van der Waals surface area contributed by atoms with Gasteiger partial charge in [0.15, 0.2) is 0 Å². The molecule has 1 fully saturated rings. The predicted molar refractivity (Wildman–Crippen MR) is 153 cm³/mol. The average molecular weight is 609 g/mol. The summed E-state index contributed by atoms with van der Waals surface area (Å²) in [6.07, 6.45) is 15.9. The van der Waals surface area contributed by atoms with Crippen molar-refractivity contribution < 1.29 is 37.5 Å². The molecule has 0 amide bonds. The molecule has 1 unspecified atom stereocenters. The molecule has 0 spiro atoms. The number of aliphatic hydroxyl groups is 1. The number of rotatable bonds is 24. The highest BCUT2D eigenvalue weighted by Gasteiger charge is 2.37. The molecule has 1 aromatic heterocycles. The molecule has 0 radical (unpaired) electrons. The van der Waals surface area contributed by atoms with E-state index in [2.05, 4.69) is 6.92 Å². The van der Waals surface area contributed by atoms with Gasteiger partial charge in [0.2, 0.25) is 5.82 Å². The molecule has 4 atom stereocenters. The van der Waals surface area contributed by atoms with E-state index in [4.69, 9.17) is 18.5 Å². The summed E-state index contributed by atoms with van der Waals surface area (Å²) < 4.78 is 47.4. The van der Waals surface area contributed by atoms with Crippen LogP contribution in [0.25, 0.3) is 0 Å². The Balaban J connectivity index is 1.43. The summed E-state index contributed by atoms with van der Waals surface area (Å²) in [6.45, 7) is 2.76. The Kier molecular flexibility index (Phi) is 17.9. The fourth-order valence-corrected chi connectivity index (χ4v) is 5.53. The summed E-state index contributed by atoms with van der Waals surface area (Å²) >= 11 is 0. The number of aromatic amines is 1. The van der Waals surface area contributed by atoms with Gasteiger partial charge in [0.05, 0.1) is 25.5 Å². The van der Waals surface area contributed by atoms with Crippen molar-refractivity contribution in [1.82, 2.24) is 9.55 Å². The number of aromatic nitrogens is 2. The molecular formula is C28H50FN2O9P. The molecule has 0 saturated carbocycles. The second-order valence-corrected chi connectivity index (χ2v) is 12.2. The smallest absolute Gasteiger partial charge is 0.390 e. The minimum absolute atomic E-state index is 0.0464. The number of phosphoric acid groups is 1. The third kappa shape index (κ3) is 15.1. The van der Waals surface area contributed by atoms with Crippen LogP contribution in [0.4, 0.5) is 4.39 Å². The van der Waals surface area contributed by atoms with E-state index in [0.29, 0.717) is 25.8 Å². The third-order valence-electron chi connectivity index (χ3n) is 7.17. The molecule has 1 aliphatic rings. The van der Waals surface area contributed by atoms with Crippen LogP contribution in [0.5, 0.6) is 0 Å². The first-order valence-corrected chi connectivity index (χ1v) is 16.8. The topological polar surface area (TPSA) is 149 Å². The Morgan fingerprint density at radius 3 is 2.10 bits per heavy atom. The Labute approximate surface area is 242 Å². The molecule has 0 aromatic carbocycles. The SMILES string of the molecule is CCCCCCCCCCCCCCCCOCCCOP(=O)(O)OC[C@H]1O[C@@H](n2cc(F)c(=O)[nH]c2=O)C[C@@H]1O. The monoisotopic (exact) mass is 608 g/mol. The zero-order valence-corrected chi connectivity index (χ0v) is 25.4. The summed E-state index contributed by atoms with van der Waals surface area (Å²) in [4.78, 5) is 34.8. The quantitative estimate of drug-likeness (QED) is 0.104. The molecule has 0 bridgehead atoms. The van der Waals surface area contributed by atoms with E-state index in [0.717, 1.165) is 17.4 Å². The molecule has 13 heteroatoms. The standard InChI is InChI=1S/C28H50FN2O9P/c1-2-3-4-5-6-7-8-9-10-11-12-13-14-15-17-37-18-16-19-38-41(35,36)39-22-25-24(32)20-26(40-25)31-21-23(29)27(33)30-28(31)34/h21,24-26,32H,2-20,22H2,1H3,(H,35,36)(H,30,33,34)/t24-,25+,26+/m0/s1. The van der Waals surface area contributed by atoms with Gasteiger partial charge in [-0.15, -0.1) is 0 Å². The van der Waals surface area contributed by atoms with Crippen LogP contribution in [0.2, 0.25) is 0 Å². The molecule has 41 heavy (non-hydrogen) atoms. The minimum atomic E-state index is -4.40. The lowest BCUT2D eigenvalue weighted by molar-refractivity contribution is -0.0469. The maximum Gasteiger partial charge on any atom is 0.472 e. The van der Waals surface area contributed by atoms with Crippen LogP contribution < -0.4 is 11.2 Å². The van der Waals surface area contributed by atoms with Crippen molar-refractivity contribution in [3.63, 3.8) is 0 Å². The lowest BCUT2D eigenvalue weighted by atomic mass is 10.0. The molecule has 1 saturated heterocycles. The number of hydrogen-bond donors (Lipinski definition) is 3. The van der Waals surface area contributed by atoms with Gasteiger partial charge in [-0.2, -0.15) is 4.39 Å². The van der Waals surface area contributed by atoms with Crippen LogP contribution in [-0.2, 0) is 23.1 Å². The van der Waals surface area contributed by atoms with Crippen LogP contribution in [0, 0.1) is 5.82 Å².